The van der Waals surface area contributed by atoms with Gasteiger partial charge in [0.2, 0.25) is 5.91 Å². The zero-order valence-corrected chi connectivity index (χ0v) is 23.7. The van der Waals surface area contributed by atoms with Gasteiger partial charge >= 0.3 is 0 Å². The lowest BCUT2D eigenvalue weighted by Crippen LogP contribution is -2.36. The number of benzene rings is 3. The lowest BCUT2D eigenvalue weighted by molar-refractivity contribution is -0.127. The third-order valence-electron chi connectivity index (χ3n) is 6.17. The van der Waals surface area contributed by atoms with Crippen molar-refractivity contribution in [2.75, 3.05) is 18.5 Å². The zero-order valence-electron chi connectivity index (χ0n) is 22.9. The van der Waals surface area contributed by atoms with Crippen LogP contribution in [0.3, 0.4) is 0 Å². The summed E-state index contributed by atoms with van der Waals surface area (Å²) in [5.74, 6) is 0.191. The number of thioether (sulfide) groups is 1. The normalized spacial score (nSPS) is 14.0. The summed E-state index contributed by atoms with van der Waals surface area (Å²) in [7, 11) is 0. The Morgan fingerprint density at radius 2 is 1.82 bits per heavy atom. The molecule has 0 aromatic heterocycles. The number of nitrogens with one attached hydrogen (secondary N) is 1. The predicted octanol–water partition coefficient (Wildman–Crippen LogP) is 6.68. The number of hydrogen-bond donors (Lipinski definition) is 1. The Balaban J connectivity index is 1.54. The number of imide groups is 1. The maximum absolute atomic E-state index is 13.1. The van der Waals surface area contributed by atoms with Crippen LogP contribution in [0.1, 0.15) is 34.7 Å². The maximum atomic E-state index is 13.1. The number of ether oxygens (including phenoxy) is 2. The molecular weight excluding hydrogens is 524 g/mol. The highest BCUT2D eigenvalue weighted by Gasteiger charge is 2.36. The first-order valence-electron chi connectivity index (χ1n) is 13.0. The number of allylic oxidation sites excluding steroid dienone is 1. The second-order valence-corrected chi connectivity index (χ2v) is 10.3. The van der Waals surface area contributed by atoms with Gasteiger partial charge in [-0.05, 0) is 79.9 Å². The first-order chi connectivity index (χ1) is 19.3. The molecule has 1 N–H and O–H groups in total. The van der Waals surface area contributed by atoms with Crippen LogP contribution in [0, 0.1) is 13.8 Å². The molecule has 0 unspecified atom stereocenters. The number of aryl methyl sites for hydroxylation is 2. The average molecular weight is 557 g/mol. The van der Waals surface area contributed by atoms with Crippen LogP contribution in [-0.2, 0) is 22.6 Å². The summed E-state index contributed by atoms with van der Waals surface area (Å²) in [5, 5.41) is 2.30. The highest BCUT2D eigenvalue weighted by Crippen LogP contribution is 2.38. The smallest absolute Gasteiger partial charge is 0.294 e. The number of hydrogen-bond acceptors (Lipinski definition) is 6. The van der Waals surface area contributed by atoms with Crippen LogP contribution in [0.25, 0.3) is 6.08 Å². The summed E-state index contributed by atoms with van der Waals surface area (Å²) < 4.78 is 12.1. The maximum Gasteiger partial charge on any atom is 0.294 e. The minimum Gasteiger partial charge on any atom is -0.490 e. The number of amides is 3. The topological polar surface area (TPSA) is 84.9 Å². The molecule has 1 saturated heterocycles. The standard InChI is InChI=1S/C32H32N2O5S/c1-5-10-25-16-24(17-27(38-6-2)30(25)39-20-23-11-8-7-9-12-23)18-28-31(36)34(32(37)40-28)19-29(35)33-26-14-13-21(3)15-22(26)4/h5,7-9,11-18H,1,6,10,19-20H2,2-4H3,(H,33,35)/b28-18-. The minimum absolute atomic E-state index is 0.231. The van der Waals surface area contributed by atoms with Crippen molar-refractivity contribution in [3.8, 4) is 11.5 Å². The van der Waals surface area contributed by atoms with Crippen molar-refractivity contribution < 1.29 is 23.9 Å². The number of carbonyl (C=O) groups excluding carboxylic acids is 3. The van der Waals surface area contributed by atoms with Crippen LogP contribution in [0.5, 0.6) is 11.5 Å². The molecule has 4 rings (SSSR count). The number of anilines is 1. The monoisotopic (exact) mass is 556 g/mol. The molecule has 3 aromatic carbocycles. The molecule has 7 nitrogen and oxygen atoms in total. The second-order valence-electron chi connectivity index (χ2n) is 9.34. The third-order valence-corrected chi connectivity index (χ3v) is 7.08. The molecule has 0 radical (unpaired) electrons. The number of carbonyl (C=O) groups is 3. The fourth-order valence-electron chi connectivity index (χ4n) is 4.31. The molecule has 0 spiro atoms. The van der Waals surface area contributed by atoms with Gasteiger partial charge in [-0.1, -0.05) is 54.1 Å². The van der Waals surface area contributed by atoms with E-state index < -0.39 is 17.1 Å². The van der Waals surface area contributed by atoms with Gasteiger partial charge in [0.15, 0.2) is 11.5 Å². The Morgan fingerprint density at radius 3 is 2.52 bits per heavy atom. The molecule has 1 aliphatic heterocycles. The van der Waals surface area contributed by atoms with Gasteiger partial charge in [0.25, 0.3) is 11.1 Å². The number of rotatable bonds is 11. The summed E-state index contributed by atoms with van der Waals surface area (Å²) >= 11 is 0.806. The van der Waals surface area contributed by atoms with Gasteiger partial charge in [-0.15, -0.1) is 6.58 Å². The van der Waals surface area contributed by atoms with E-state index in [0.29, 0.717) is 42.4 Å². The summed E-state index contributed by atoms with van der Waals surface area (Å²) in [5.41, 5.74) is 5.16. The summed E-state index contributed by atoms with van der Waals surface area (Å²) in [4.78, 5) is 39.7. The predicted molar refractivity (Wildman–Crippen MR) is 160 cm³/mol. The second kappa shape index (κ2) is 13.2. The summed E-state index contributed by atoms with van der Waals surface area (Å²) in [6.45, 7) is 10.0. The molecule has 0 saturated carbocycles. The van der Waals surface area contributed by atoms with Crippen molar-refractivity contribution in [2.24, 2.45) is 0 Å². The van der Waals surface area contributed by atoms with E-state index in [9.17, 15) is 14.4 Å². The van der Waals surface area contributed by atoms with Crippen LogP contribution < -0.4 is 14.8 Å². The lowest BCUT2D eigenvalue weighted by Gasteiger charge is -2.17. The van der Waals surface area contributed by atoms with Gasteiger partial charge in [0.1, 0.15) is 13.2 Å². The Hall–Kier alpha value is -4.30. The van der Waals surface area contributed by atoms with Gasteiger partial charge < -0.3 is 14.8 Å². The zero-order chi connectivity index (χ0) is 28.6. The lowest BCUT2D eigenvalue weighted by atomic mass is 10.0. The average Bonchev–Trinajstić information content (AvgIpc) is 3.18. The van der Waals surface area contributed by atoms with E-state index in [0.717, 1.165) is 38.9 Å². The molecule has 3 amide bonds. The van der Waals surface area contributed by atoms with Gasteiger partial charge in [0, 0.05) is 11.3 Å². The fraction of sp³-hybridized carbons (Fsp3) is 0.219. The van der Waals surface area contributed by atoms with Crippen LogP contribution in [0.2, 0.25) is 0 Å². The van der Waals surface area contributed by atoms with Crippen LogP contribution in [0.15, 0.2) is 78.2 Å². The van der Waals surface area contributed by atoms with Crippen LogP contribution >= 0.6 is 11.8 Å². The van der Waals surface area contributed by atoms with E-state index in [2.05, 4.69) is 11.9 Å². The molecule has 1 aliphatic rings. The molecule has 0 atom stereocenters. The molecule has 40 heavy (non-hydrogen) atoms. The van der Waals surface area contributed by atoms with Gasteiger partial charge in [0.05, 0.1) is 11.5 Å². The van der Waals surface area contributed by atoms with Gasteiger partial charge in [-0.25, -0.2) is 0 Å². The van der Waals surface area contributed by atoms with E-state index in [-0.39, 0.29) is 11.4 Å². The quantitative estimate of drug-likeness (QED) is 0.209. The molecule has 1 fully saturated rings. The highest BCUT2D eigenvalue weighted by atomic mass is 32.2. The van der Waals surface area contributed by atoms with Crippen molar-refractivity contribution in [1.82, 2.24) is 4.90 Å². The first-order valence-corrected chi connectivity index (χ1v) is 13.8. The molecule has 0 aliphatic carbocycles. The molecular formula is C32H32N2O5S. The first kappa shape index (κ1) is 28.7. The highest BCUT2D eigenvalue weighted by molar-refractivity contribution is 8.18. The van der Waals surface area contributed by atoms with Crippen LogP contribution in [-0.4, -0.2) is 35.1 Å². The molecule has 206 valence electrons. The van der Waals surface area contributed by atoms with Gasteiger partial charge in [-0.3, -0.25) is 19.3 Å². The summed E-state index contributed by atoms with van der Waals surface area (Å²) in [6.07, 6.45) is 3.93. The number of nitrogens with zero attached hydrogens (tertiary/aromatic N) is 1. The molecule has 0 bridgehead atoms. The van der Waals surface area contributed by atoms with Crippen molar-refractivity contribution in [1.29, 1.82) is 0 Å². The van der Waals surface area contributed by atoms with E-state index in [4.69, 9.17) is 9.47 Å². The Bertz CT molecular complexity index is 1470. The van der Waals surface area contributed by atoms with Crippen molar-refractivity contribution in [3.63, 3.8) is 0 Å². The Labute approximate surface area is 238 Å². The summed E-state index contributed by atoms with van der Waals surface area (Å²) in [6, 6.07) is 19.2. The van der Waals surface area contributed by atoms with E-state index >= 15 is 0 Å². The van der Waals surface area contributed by atoms with E-state index in [1.165, 1.54) is 0 Å². The fourth-order valence-corrected chi connectivity index (χ4v) is 5.14. The molecule has 3 aromatic rings. The van der Waals surface area contributed by atoms with E-state index in [1.807, 2.05) is 69.3 Å². The van der Waals surface area contributed by atoms with Crippen molar-refractivity contribution >= 4 is 40.6 Å². The third kappa shape index (κ3) is 7.01. The SMILES string of the molecule is C=CCc1cc(/C=C2\SC(=O)N(CC(=O)Nc3ccc(C)cc3C)C2=O)cc(OCC)c1OCc1ccccc1. The Kier molecular flexibility index (Phi) is 9.45. The molecule has 8 heteroatoms. The largest absolute Gasteiger partial charge is 0.490 e. The molecule has 1 heterocycles. The Morgan fingerprint density at radius 1 is 1.05 bits per heavy atom. The van der Waals surface area contributed by atoms with Gasteiger partial charge in [-0.2, -0.15) is 0 Å². The van der Waals surface area contributed by atoms with Crippen molar-refractivity contribution in [2.45, 2.75) is 33.8 Å². The van der Waals surface area contributed by atoms with E-state index in [1.54, 1.807) is 24.3 Å². The van der Waals surface area contributed by atoms with Crippen LogP contribution in [0.4, 0.5) is 10.5 Å². The van der Waals surface area contributed by atoms with Crippen molar-refractivity contribution in [3.05, 3.63) is 106 Å². The minimum atomic E-state index is -0.515.